The van der Waals surface area contributed by atoms with E-state index in [0.29, 0.717) is 25.0 Å². The van der Waals surface area contributed by atoms with Gasteiger partial charge in [-0.15, -0.1) is 0 Å². The first-order chi connectivity index (χ1) is 18.3. The van der Waals surface area contributed by atoms with E-state index in [9.17, 15) is 4.79 Å². The van der Waals surface area contributed by atoms with Crippen LogP contribution in [0.15, 0.2) is 24.9 Å². The molecule has 1 atom stereocenters. The molecule has 9 nitrogen and oxygen atoms in total. The quantitative estimate of drug-likeness (QED) is 0.503. The summed E-state index contributed by atoms with van der Waals surface area (Å²) in [6, 6.07) is 2.49. The second kappa shape index (κ2) is 9.85. The van der Waals surface area contributed by atoms with Gasteiger partial charge < -0.3 is 19.6 Å². The number of nitrogens with one attached hydrogen (secondary N) is 1. The Labute approximate surface area is 228 Å². The van der Waals surface area contributed by atoms with Gasteiger partial charge in [0.2, 0.25) is 11.9 Å². The predicted octanol–water partition coefficient (Wildman–Crippen LogP) is 3.17. The van der Waals surface area contributed by atoms with Crippen LogP contribution in [0, 0.1) is 6.92 Å². The molecule has 0 bridgehead atoms. The Balaban J connectivity index is 1.35. The van der Waals surface area contributed by atoms with Crippen molar-refractivity contribution in [2.45, 2.75) is 38.1 Å². The van der Waals surface area contributed by atoms with Gasteiger partial charge in [-0.3, -0.25) is 9.89 Å². The van der Waals surface area contributed by atoms with Crippen LogP contribution in [0.2, 0.25) is 5.02 Å². The summed E-state index contributed by atoms with van der Waals surface area (Å²) in [6.07, 6.45) is 6.09. The maximum atomic E-state index is 12.2. The maximum Gasteiger partial charge on any atom is 0.246 e. The van der Waals surface area contributed by atoms with E-state index >= 15 is 0 Å². The zero-order valence-electron chi connectivity index (χ0n) is 22.4. The molecule has 1 unspecified atom stereocenters. The van der Waals surface area contributed by atoms with Gasteiger partial charge in [0, 0.05) is 61.3 Å². The minimum atomic E-state index is -0.00402. The second-order valence-electron chi connectivity index (χ2n) is 11.0. The molecular weight excluding hydrogens is 500 g/mol. The van der Waals surface area contributed by atoms with E-state index in [2.05, 4.69) is 52.5 Å². The zero-order chi connectivity index (χ0) is 26.6. The summed E-state index contributed by atoms with van der Waals surface area (Å²) in [4.78, 5) is 31.2. The number of aromatic nitrogens is 4. The van der Waals surface area contributed by atoms with Gasteiger partial charge in [0.1, 0.15) is 5.82 Å². The van der Waals surface area contributed by atoms with Gasteiger partial charge in [0.25, 0.3) is 0 Å². The standard InChI is InChI=1S/C28H35ClN8O/c1-5-25(38)35-8-10-36(11-9-35)27-20-7-6-18(26-17(2)22(29)13-24-21(26)14-30-33-24)12-23(20)31-28(32-27)37-15-19(16-37)34(3)4/h5,13-14,18-19H,1,6-12,15-16H2,2-4H3,(H,30,33). The molecule has 4 heterocycles. The zero-order valence-corrected chi connectivity index (χ0v) is 23.1. The lowest BCUT2D eigenvalue weighted by atomic mass is 9.79. The highest BCUT2D eigenvalue weighted by Gasteiger charge is 2.35. The van der Waals surface area contributed by atoms with Crippen LogP contribution in [-0.2, 0) is 17.6 Å². The first-order valence-electron chi connectivity index (χ1n) is 13.4. The SMILES string of the molecule is C=CC(=O)N1CCN(c2nc(N3CC(N(C)C)C3)nc3c2CCC(c2c(C)c(Cl)cc4[nH]ncc24)C3)CC1. The van der Waals surface area contributed by atoms with Crippen LogP contribution in [0.5, 0.6) is 0 Å². The van der Waals surface area contributed by atoms with E-state index in [1.54, 1.807) is 0 Å². The number of halogens is 1. The normalized spacial score (nSPS) is 20.1. The molecule has 1 amide bonds. The highest BCUT2D eigenvalue weighted by Crippen LogP contribution is 2.42. The molecule has 0 saturated carbocycles. The Kier molecular flexibility index (Phi) is 6.52. The van der Waals surface area contributed by atoms with Crippen molar-refractivity contribution >= 4 is 40.2 Å². The maximum absolute atomic E-state index is 12.2. The Hall–Kier alpha value is -3.17. The molecule has 2 saturated heterocycles. The molecule has 2 aliphatic heterocycles. The van der Waals surface area contributed by atoms with E-state index in [0.717, 1.165) is 84.4 Å². The summed E-state index contributed by atoms with van der Waals surface area (Å²) in [6.45, 7) is 10.5. The Morgan fingerprint density at radius 3 is 2.66 bits per heavy atom. The molecule has 38 heavy (non-hydrogen) atoms. The molecule has 0 radical (unpaired) electrons. The van der Waals surface area contributed by atoms with E-state index in [4.69, 9.17) is 21.6 Å². The third-order valence-electron chi connectivity index (χ3n) is 8.58. The summed E-state index contributed by atoms with van der Waals surface area (Å²) in [5, 5.41) is 9.31. The lowest BCUT2D eigenvalue weighted by molar-refractivity contribution is -0.126. The minimum Gasteiger partial charge on any atom is -0.353 e. The number of likely N-dealkylation sites (N-methyl/N-ethyl adjacent to an activating group) is 1. The van der Waals surface area contributed by atoms with Gasteiger partial charge >= 0.3 is 0 Å². The number of carbonyl (C=O) groups is 1. The van der Waals surface area contributed by atoms with Crippen molar-refractivity contribution in [1.29, 1.82) is 0 Å². The third kappa shape index (κ3) is 4.31. The van der Waals surface area contributed by atoms with Crippen LogP contribution < -0.4 is 9.80 Å². The van der Waals surface area contributed by atoms with Crippen molar-refractivity contribution in [3.63, 3.8) is 0 Å². The summed E-state index contributed by atoms with van der Waals surface area (Å²) >= 11 is 6.65. The molecule has 1 N–H and O–H groups in total. The number of carbonyl (C=O) groups excluding carboxylic acids is 1. The summed E-state index contributed by atoms with van der Waals surface area (Å²) in [7, 11) is 4.25. The highest BCUT2D eigenvalue weighted by molar-refractivity contribution is 6.32. The van der Waals surface area contributed by atoms with E-state index in [-0.39, 0.29) is 5.91 Å². The smallest absolute Gasteiger partial charge is 0.246 e. The number of aromatic amines is 1. The molecule has 2 aromatic heterocycles. The van der Waals surface area contributed by atoms with Crippen LogP contribution in [-0.4, -0.2) is 95.3 Å². The molecule has 3 aliphatic rings. The molecule has 2 fully saturated rings. The number of rotatable bonds is 5. The lowest BCUT2D eigenvalue weighted by Crippen LogP contribution is -2.58. The monoisotopic (exact) mass is 534 g/mol. The van der Waals surface area contributed by atoms with Gasteiger partial charge in [-0.25, -0.2) is 4.98 Å². The van der Waals surface area contributed by atoms with Gasteiger partial charge in [-0.05, 0) is 69.5 Å². The fourth-order valence-corrected chi connectivity index (χ4v) is 6.37. The van der Waals surface area contributed by atoms with Crippen LogP contribution >= 0.6 is 11.6 Å². The van der Waals surface area contributed by atoms with Gasteiger partial charge in [0.15, 0.2) is 0 Å². The minimum absolute atomic E-state index is 0.00402. The number of benzene rings is 1. The van der Waals surface area contributed by atoms with Crippen LogP contribution in [0.25, 0.3) is 10.9 Å². The first kappa shape index (κ1) is 25.1. The van der Waals surface area contributed by atoms with E-state index < -0.39 is 0 Å². The number of nitrogens with zero attached hydrogens (tertiary/aromatic N) is 7. The largest absolute Gasteiger partial charge is 0.353 e. The molecule has 1 aromatic carbocycles. The third-order valence-corrected chi connectivity index (χ3v) is 8.98. The topological polar surface area (TPSA) is 84.5 Å². The Bertz CT molecular complexity index is 1390. The Morgan fingerprint density at radius 2 is 1.95 bits per heavy atom. The van der Waals surface area contributed by atoms with Gasteiger partial charge in [0.05, 0.1) is 17.4 Å². The number of anilines is 2. The van der Waals surface area contributed by atoms with Crippen LogP contribution in [0.4, 0.5) is 11.8 Å². The molecule has 6 rings (SSSR count). The number of H-pyrrole nitrogens is 1. The summed E-state index contributed by atoms with van der Waals surface area (Å²) < 4.78 is 0. The van der Waals surface area contributed by atoms with Crippen LogP contribution in [0.3, 0.4) is 0 Å². The molecular formula is C28H35ClN8O. The van der Waals surface area contributed by atoms with E-state index in [1.807, 2.05) is 17.2 Å². The van der Waals surface area contributed by atoms with Crippen molar-refractivity contribution in [2.75, 3.05) is 63.2 Å². The van der Waals surface area contributed by atoms with Crippen molar-refractivity contribution in [1.82, 2.24) is 30.0 Å². The number of fused-ring (bicyclic) bond motifs is 2. The fourth-order valence-electron chi connectivity index (χ4n) is 6.16. The molecule has 200 valence electrons. The van der Waals surface area contributed by atoms with Crippen molar-refractivity contribution in [2.24, 2.45) is 0 Å². The molecule has 0 spiro atoms. The first-order valence-corrected chi connectivity index (χ1v) is 13.8. The van der Waals surface area contributed by atoms with E-state index in [1.165, 1.54) is 17.2 Å². The Morgan fingerprint density at radius 1 is 1.18 bits per heavy atom. The van der Waals surface area contributed by atoms with Gasteiger partial charge in [-0.2, -0.15) is 10.1 Å². The van der Waals surface area contributed by atoms with Crippen molar-refractivity contribution < 1.29 is 4.79 Å². The average Bonchev–Trinajstić information content (AvgIpc) is 3.34. The lowest BCUT2D eigenvalue weighted by Gasteiger charge is -2.44. The molecule has 3 aromatic rings. The summed E-state index contributed by atoms with van der Waals surface area (Å²) in [5.41, 5.74) is 5.77. The second-order valence-corrected chi connectivity index (χ2v) is 11.4. The highest BCUT2D eigenvalue weighted by atomic mass is 35.5. The number of amides is 1. The fraction of sp³-hybridized carbons (Fsp3) is 0.500. The molecule has 10 heteroatoms. The van der Waals surface area contributed by atoms with Crippen LogP contribution in [0.1, 0.15) is 34.7 Å². The number of hydrogen-bond donors (Lipinski definition) is 1. The predicted molar refractivity (Wildman–Crippen MR) is 151 cm³/mol. The molecule has 1 aliphatic carbocycles. The number of piperazine rings is 1. The number of hydrogen-bond acceptors (Lipinski definition) is 7. The van der Waals surface area contributed by atoms with Gasteiger partial charge in [-0.1, -0.05) is 18.2 Å². The van der Waals surface area contributed by atoms with Crippen molar-refractivity contribution in [3.8, 4) is 0 Å². The summed E-state index contributed by atoms with van der Waals surface area (Å²) in [5.74, 6) is 2.16. The average molecular weight is 535 g/mol. The van der Waals surface area contributed by atoms with Crippen molar-refractivity contribution in [3.05, 3.63) is 52.3 Å².